The van der Waals surface area contributed by atoms with E-state index in [1.165, 1.54) is 12.8 Å². The molecule has 0 bridgehead atoms. The Morgan fingerprint density at radius 3 is 1.82 bits per heavy atom. The average Bonchev–Trinajstić information content (AvgIpc) is 2.38. The Morgan fingerprint density at radius 1 is 1.00 bits per heavy atom. The monoisotopic (exact) mass is 152 g/mol. The molecule has 0 saturated heterocycles. The highest BCUT2D eigenvalue weighted by atomic mass is 16.3. The molecule has 0 aliphatic heterocycles. The molecule has 0 spiro atoms. The van der Waals surface area contributed by atoms with Gasteiger partial charge >= 0.3 is 0 Å². The first-order valence-electron chi connectivity index (χ1n) is 4.44. The van der Waals surface area contributed by atoms with Crippen LogP contribution >= 0.6 is 0 Å². The number of aryl methyl sites for hydroxylation is 2. The van der Waals surface area contributed by atoms with Crippen LogP contribution in [-0.4, -0.2) is 0 Å². The Morgan fingerprint density at radius 2 is 1.45 bits per heavy atom. The Balaban J connectivity index is 2.51. The smallest absolute Gasteiger partial charge is 0.104 e. The molecule has 11 heavy (non-hydrogen) atoms. The molecule has 1 nitrogen and oxygen atoms in total. The van der Waals surface area contributed by atoms with Crippen molar-refractivity contribution in [2.45, 2.75) is 39.5 Å². The Hall–Kier alpha value is -0.720. The van der Waals surface area contributed by atoms with Crippen molar-refractivity contribution in [3.05, 3.63) is 23.7 Å². The number of rotatable bonds is 4. The minimum absolute atomic E-state index is 1.07. The van der Waals surface area contributed by atoms with E-state index in [4.69, 9.17) is 4.42 Å². The molecule has 0 atom stereocenters. The van der Waals surface area contributed by atoms with Crippen molar-refractivity contribution < 1.29 is 4.42 Å². The second-order valence-corrected chi connectivity index (χ2v) is 2.87. The molecule has 0 amide bonds. The summed E-state index contributed by atoms with van der Waals surface area (Å²) in [5.74, 6) is 2.27. The van der Waals surface area contributed by atoms with Gasteiger partial charge < -0.3 is 4.42 Å². The lowest BCUT2D eigenvalue weighted by atomic mass is 10.2. The summed E-state index contributed by atoms with van der Waals surface area (Å²) in [6.45, 7) is 4.34. The Kier molecular flexibility index (Phi) is 3.21. The number of hydrogen-bond acceptors (Lipinski definition) is 1. The zero-order chi connectivity index (χ0) is 8.10. The summed E-state index contributed by atoms with van der Waals surface area (Å²) in [6, 6.07) is 4.18. The predicted molar refractivity (Wildman–Crippen MR) is 46.7 cm³/mol. The van der Waals surface area contributed by atoms with Gasteiger partial charge in [0.15, 0.2) is 0 Å². The molecule has 1 heterocycles. The zero-order valence-corrected chi connectivity index (χ0v) is 7.39. The molecule has 1 aromatic rings. The molecule has 0 unspecified atom stereocenters. The summed E-state index contributed by atoms with van der Waals surface area (Å²) in [6.07, 6.45) is 4.48. The quantitative estimate of drug-likeness (QED) is 0.645. The summed E-state index contributed by atoms with van der Waals surface area (Å²) in [5, 5.41) is 0. The van der Waals surface area contributed by atoms with Crippen LogP contribution in [0.25, 0.3) is 0 Å². The van der Waals surface area contributed by atoms with Gasteiger partial charge in [-0.1, -0.05) is 13.8 Å². The van der Waals surface area contributed by atoms with Crippen LogP contribution in [0.3, 0.4) is 0 Å². The van der Waals surface area contributed by atoms with Crippen molar-refractivity contribution in [3.63, 3.8) is 0 Å². The lowest BCUT2D eigenvalue weighted by Gasteiger charge is -1.92. The van der Waals surface area contributed by atoms with E-state index in [0.717, 1.165) is 24.4 Å². The first-order chi connectivity index (χ1) is 5.36. The molecule has 1 aromatic heterocycles. The fraction of sp³-hybridized carbons (Fsp3) is 0.600. The number of hydrogen-bond donors (Lipinski definition) is 0. The largest absolute Gasteiger partial charge is 0.466 e. The molecule has 0 saturated carbocycles. The van der Waals surface area contributed by atoms with Crippen LogP contribution in [0.4, 0.5) is 0 Å². The van der Waals surface area contributed by atoms with Crippen molar-refractivity contribution in [2.24, 2.45) is 0 Å². The lowest BCUT2D eigenvalue weighted by Crippen LogP contribution is -1.78. The fourth-order valence-electron chi connectivity index (χ4n) is 1.18. The van der Waals surface area contributed by atoms with E-state index >= 15 is 0 Å². The molecule has 1 heteroatoms. The van der Waals surface area contributed by atoms with Crippen LogP contribution in [0.1, 0.15) is 38.2 Å². The molecule has 0 fully saturated rings. The normalized spacial score (nSPS) is 10.4. The second kappa shape index (κ2) is 4.22. The molecule has 0 aromatic carbocycles. The van der Waals surface area contributed by atoms with Crippen LogP contribution in [0.15, 0.2) is 16.5 Å². The zero-order valence-electron chi connectivity index (χ0n) is 7.39. The van der Waals surface area contributed by atoms with Gasteiger partial charge in [0, 0.05) is 12.8 Å². The predicted octanol–water partition coefficient (Wildman–Crippen LogP) is 3.18. The van der Waals surface area contributed by atoms with E-state index in [9.17, 15) is 0 Å². The maximum atomic E-state index is 5.56. The van der Waals surface area contributed by atoms with Gasteiger partial charge in [-0.25, -0.2) is 0 Å². The summed E-state index contributed by atoms with van der Waals surface area (Å²) in [4.78, 5) is 0. The van der Waals surface area contributed by atoms with Crippen LogP contribution < -0.4 is 0 Å². The minimum atomic E-state index is 1.07. The Bertz CT molecular complexity index is 180. The standard InChI is InChI=1S/C10H16O/c1-3-5-9-7-8-10(11-9)6-4-2/h7-8H,3-6H2,1-2H3. The first-order valence-corrected chi connectivity index (χ1v) is 4.44. The van der Waals surface area contributed by atoms with Crippen LogP contribution in [0.2, 0.25) is 0 Å². The first kappa shape index (κ1) is 8.38. The van der Waals surface area contributed by atoms with Crippen molar-refractivity contribution in [1.29, 1.82) is 0 Å². The number of furan rings is 1. The van der Waals surface area contributed by atoms with E-state index < -0.39 is 0 Å². The van der Waals surface area contributed by atoms with Gasteiger partial charge in [0.2, 0.25) is 0 Å². The maximum absolute atomic E-state index is 5.56. The van der Waals surface area contributed by atoms with Gasteiger partial charge in [0.1, 0.15) is 11.5 Å². The molecule has 0 aliphatic rings. The van der Waals surface area contributed by atoms with E-state index in [1.54, 1.807) is 0 Å². The van der Waals surface area contributed by atoms with Gasteiger partial charge in [-0.2, -0.15) is 0 Å². The van der Waals surface area contributed by atoms with Crippen molar-refractivity contribution in [1.82, 2.24) is 0 Å². The summed E-state index contributed by atoms with van der Waals surface area (Å²) < 4.78 is 5.56. The van der Waals surface area contributed by atoms with Crippen LogP contribution in [0, 0.1) is 0 Å². The molecule has 0 aliphatic carbocycles. The van der Waals surface area contributed by atoms with Crippen LogP contribution in [-0.2, 0) is 12.8 Å². The van der Waals surface area contributed by atoms with Crippen molar-refractivity contribution >= 4 is 0 Å². The fourth-order valence-corrected chi connectivity index (χ4v) is 1.18. The Labute approximate surface area is 68.4 Å². The van der Waals surface area contributed by atoms with E-state index in [-0.39, 0.29) is 0 Å². The molecular formula is C10H16O. The molecular weight excluding hydrogens is 136 g/mol. The van der Waals surface area contributed by atoms with Gasteiger partial charge in [-0.05, 0) is 25.0 Å². The SMILES string of the molecule is CCCc1ccc(CCC)o1. The van der Waals surface area contributed by atoms with Crippen LogP contribution in [0.5, 0.6) is 0 Å². The van der Waals surface area contributed by atoms with Gasteiger partial charge in [0.05, 0.1) is 0 Å². The third kappa shape index (κ3) is 2.41. The van der Waals surface area contributed by atoms with E-state index in [2.05, 4.69) is 26.0 Å². The third-order valence-electron chi connectivity index (χ3n) is 1.71. The highest BCUT2D eigenvalue weighted by Gasteiger charge is 1.98. The summed E-state index contributed by atoms with van der Waals surface area (Å²) in [7, 11) is 0. The maximum Gasteiger partial charge on any atom is 0.104 e. The highest BCUT2D eigenvalue weighted by molar-refractivity contribution is 5.07. The summed E-state index contributed by atoms with van der Waals surface area (Å²) in [5.41, 5.74) is 0. The van der Waals surface area contributed by atoms with Gasteiger partial charge in [-0.15, -0.1) is 0 Å². The van der Waals surface area contributed by atoms with Gasteiger partial charge in [-0.3, -0.25) is 0 Å². The van der Waals surface area contributed by atoms with E-state index in [1.807, 2.05) is 0 Å². The molecule has 0 N–H and O–H groups in total. The third-order valence-corrected chi connectivity index (χ3v) is 1.71. The topological polar surface area (TPSA) is 13.1 Å². The molecule has 62 valence electrons. The average molecular weight is 152 g/mol. The summed E-state index contributed by atoms with van der Waals surface area (Å²) >= 11 is 0. The highest BCUT2D eigenvalue weighted by Crippen LogP contribution is 2.11. The lowest BCUT2D eigenvalue weighted by molar-refractivity contribution is 0.460. The molecule has 0 radical (unpaired) electrons. The minimum Gasteiger partial charge on any atom is -0.466 e. The van der Waals surface area contributed by atoms with Crippen molar-refractivity contribution in [3.8, 4) is 0 Å². The van der Waals surface area contributed by atoms with Crippen molar-refractivity contribution in [2.75, 3.05) is 0 Å². The second-order valence-electron chi connectivity index (χ2n) is 2.87. The molecule has 1 rings (SSSR count). The van der Waals surface area contributed by atoms with E-state index in [0.29, 0.717) is 0 Å². The van der Waals surface area contributed by atoms with Gasteiger partial charge in [0.25, 0.3) is 0 Å².